The summed E-state index contributed by atoms with van der Waals surface area (Å²) < 4.78 is 5.26. The van der Waals surface area contributed by atoms with Crippen molar-refractivity contribution >= 4 is 17.3 Å². The van der Waals surface area contributed by atoms with Crippen LogP contribution in [0.5, 0.6) is 0 Å². The molecule has 0 spiro atoms. The lowest BCUT2D eigenvalue weighted by atomic mass is 9.77. The minimum atomic E-state index is -0.716. The lowest BCUT2D eigenvalue weighted by Gasteiger charge is -2.32. The molecule has 0 radical (unpaired) electrons. The van der Waals surface area contributed by atoms with Crippen LogP contribution in [0.1, 0.15) is 28.4 Å². The van der Waals surface area contributed by atoms with E-state index in [-0.39, 0.29) is 0 Å². The van der Waals surface area contributed by atoms with Crippen molar-refractivity contribution in [3.05, 3.63) is 15.6 Å². The number of aromatic nitrogens is 1. The monoisotopic (exact) mass is 255 g/mol. The Hall–Kier alpha value is -0.940. The van der Waals surface area contributed by atoms with Gasteiger partial charge >= 0.3 is 5.97 Å². The van der Waals surface area contributed by atoms with E-state index in [2.05, 4.69) is 4.98 Å². The fourth-order valence-electron chi connectivity index (χ4n) is 2.13. The van der Waals surface area contributed by atoms with Gasteiger partial charge in [-0.1, -0.05) is 0 Å². The van der Waals surface area contributed by atoms with Crippen LogP contribution in [0.15, 0.2) is 0 Å². The maximum Gasteiger partial charge on any atom is 0.310 e. The van der Waals surface area contributed by atoms with Gasteiger partial charge in [0.25, 0.3) is 0 Å². The minimum Gasteiger partial charge on any atom is -0.481 e. The number of rotatable bonds is 3. The molecule has 1 saturated heterocycles. The van der Waals surface area contributed by atoms with E-state index < -0.39 is 11.4 Å². The van der Waals surface area contributed by atoms with Crippen LogP contribution in [0.4, 0.5) is 0 Å². The fraction of sp³-hybridized carbons (Fsp3) is 0.667. The molecule has 4 nitrogen and oxygen atoms in total. The number of ether oxygens (including phenoxy) is 1. The molecule has 0 amide bonds. The third-order valence-corrected chi connectivity index (χ3v) is 4.54. The van der Waals surface area contributed by atoms with E-state index in [1.54, 1.807) is 11.3 Å². The number of carbonyl (C=O) groups is 1. The van der Waals surface area contributed by atoms with Crippen LogP contribution in [-0.4, -0.2) is 29.3 Å². The molecule has 0 unspecified atom stereocenters. The lowest BCUT2D eigenvalue weighted by molar-refractivity contribution is -0.154. The summed E-state index contributed by atoms with van der Waals surface area (Å²) in [4.78, 5) is 17.1. The summed E-state index contributed by atoms with van der Waals surface area (Å²) in [7, 11) is 0. The average molecular weight is 255 g/mol. The molecule has 5 heteroatoms. The zero-order chi connectivity index (χ0) is 12.5. The Bertz CT molecular complexity index is 402. The van der Waals surface area contributed by atoms with E-state index in [9.17, 15) is 9.90 Å². The molecule has 1 N–H and O–H groups in total. The lowest BCUT2D eigenvalue weighted by Crippen LogP contribution is -2.39. The molecule has 0 atom stereocenters. The maximum absolute atomic E-state index is 11.5. The molecule has 1 aromatic heterocycles. The summed E-state index contributed by atoms with van der Waals surface area (Å²) >= 11 is 1.61. The van der Waals surface area contributed by atoms with Crippen molar-refractivity contribution in [3.8, 4) is 0 Å². The summed E-state index contributed by atoms with van der Waals surface area (Å²) in [5.74, 6) is -0.716. The van der Waals surface area contributed by atoms with E-state index >= 15 is 0 Å². The first-order valence-corrected chi connectivity index (χ1v) is 6.59. The van der Waals surface area contributed by atoms with Gasteiger partial charge in [0.15, 0.2) is 0 Å². The highest BCUT2D eigenvalue weighted by atomic mass is 32.1. The first kappa shape index (κ1) is 12.5. The summed E-state index contributed by atoms with van der Waals surface area (Å²) in [5, 5.41) is 10.4. The normalized spacial score (nSPS) is 19.2. The summed E-state index contributed by atoms with van der Waals surface area (Å²) in [6.07, 6.45) is 1.70. The molecule has 0 saturated carbocycles. The number of aryl methyl sites for hydroxylation is 2. The van der Waals surface area contributed by atoms with Crippen LogP contribution >= 0.6 is 11.3 Å². The fourth-order valence-corrected chi connectivity index (χ4v) is 3.21. The molecule has 17 heavy (non-hydrogen) atoms. The highest BCUT2D eigenvalue weighted by molar-refractivity contribution is 7.11. The second kappa shape index (κ2) is 4.74. The first-order chi connectivity index (χ1) is 8.03. The number of nitrogens with zero attached hydrogens (tertiary/aromatic N) is 1. The van der Waals surface area contributed by atoms with Crippen LogP contribution in [0, 0.1) is 19.3 Å². The number of hydrogen-bond donors (Lipinski definition) is 1. The smallest absolute Gasteiger partial charge is 0.310 e. The summed E-state index contributed by atoms with van der Waals surface area (Å²) in [6, 6.07) is 0. The van der Waals surface area contributed by atoms with Gasteiger partial charge < -0.3 is 9.84 Å². The van der Waals surface area contributed by atoms with E-state index in [1.165, 1.54) is 4.88 Å². The van der Waals surface area contributed by atoms with Gasteiger partial charge in [-0.15, -0.1) is 11.3 Å². The second-order valence-electron chi connectivity index (χ2n) is 4.62. The van der Waals surface area contributed by atoms with Gasteiger partial charge in [-0.2, -0.15) is 0 Å². The summed E-state index contributed by atoms with van der Waals surface area (Å²) in [6.45, 7) is 5.06. The minimum absolute atomic E-state index is 0.533. The van der Waals surface area contributed by atoms with E-state index in [0.717, 1.165) is 10.7 Å². The van der Waals surface area contributed by atoms with Crippen molar-refractivity contribution in [1.82, 2.24) is 4.98 Å². The predicted octanol–water partition coefficient (Wildman–Crippen LogP) is 2.18. The average Bonchev–Trinajstić information content (AvgIpc) is 2.59. The molecule has 0 bridgehead atoms. The Morgan fingerprint density at radius 2 is 2.12 bits per heavy atom. The van der Waals surface area contributed by atoms with Crippen molar-refractivity contribution in [2.75, 3.05) is 13.2 Å². The molecule has 1 aliphatic heterocycles. The second-order valence-corrected chi connectivity index (χ2v) is 5.91. The molecule has 94 valence electrons. The van der Waals surface area contributed by atoms with Crippen molar-refractivity contribution in [3.63, 3.8) is 0 Å². The van der Waals surface area contributed by atoms with Gasteiger partial charge in [-0.05, 0) is 26.7 Å². The SMILES string of the molecule is Cc1nc(CC2(C(=O)O)CCOCC2)sc1C. The molecule has 1 fully saturated rings. The standard InChI is InChI=1S/C12H17NO3S/c1-8-9(2)17-10(13-8)7-12(11(14)15)3-5-16-6-4-12/h3-7H2,1-2H3,(H,14,15). The third kappa shape index (κ3) is 2.50. The molecule has 0 aromatic carbocycles. The van der Waals surface area contributed by atoms with Crippen molar-refractivity contribution in [2.24, 2.45) is 5.41 Å². The van der Waals surface area contributed by atoms with Gasteiger partial charge in [0, 0.05) is 24.5 Å². The predicted molar refractivity (Wildman–Crippen MR) is 65.4 cm³/mol. The highest BCUT2D eigenvalue weighted by Crippen LogP contribution is 2.36. The number of hydrogen-bond acceptors (Lipinski definition) is 4. The number of carboxylic acids is 1. The van der Waals surface area contributed by atoms with E-state index in [1.807, 2.05) is 13.8 Å². The molecule has 1 aliphatic rings. The Labute approximate surface area is 105 Å². The molecule has 1 aromatic rings. The van der Waals surface area contributed by atoms with Crippen LogP contribution in [-0.2, 0) is 16.0 Å². The number of carboxylic acid groups (broad SMARTS) is 1. The first-order valence-electron chi connectivity index (χ1n) is 5.77. The maximum atomic E-state index is 11.5. The van der Waals surface area contributed by atoms with Gasteiger partial charge in [0.2, 0.25) is 0 Å². The van der Waals surface area contributed by atoms with Gasteiger partial charge in [-0.25, -0.2) is 4.98 Å². The van der Waals surface area contributed by atoms with E-state index in [4.69, 9.17) is 4.74 Å². The van der Waals surface area contributed by atoms with E-state index in [0.29, 0.717) is 32.5 Å². The Morgan fingerprint density at radius 1 is 1.47 bits per heavy atom. The number of aliphatic carboxylic acids is 1. The van der Waals surface area contributed by atoms with Crippen molar-refractivity contribution < 1.29 is 14.6 Å². The molecule has 2 heterocycles. The van der Waals surface area contributed by atoms with Crippen molar-refractivity contribution in [1.29, 1.82) is 0 Å². The molecular formula is C12H17NO3S. The van der Waals surface area contributed by atoms with Crippen molar-refractivity contribution in [2.45, 2.75) is 33.1 Å². The topological polar surface area (TPSA) is 59.4 Å². The van der Waals surface area contributed by atoms with Gasteiger partial charge in [0.05, 0.1) is 16.1 Å². The largest absolute Gasteiger partial charge is 0.481 e. The van der Waals surface area contributed by atoms with Crippen LogP contribution < -0.4 is 0 Å². The van der Waals surface area contributed by atoms with Gasteiger partial charge in [-0.3, -0.25) is 4.79 Å². The molecule has 0 aliphatic carbocycles. The van der Waals surface area contributed by atoms with Crippen LogP contribution in [0.2, 0.25) is 0 Å². The zero-order valence-electron chi connectivity index (χ0n) is 10.2. The molecular weight excluding hydrogens is 238 g/mol. The van der Waals surface area contributed by atoms with Gasteiger partial charge in [0.1, 0.15) is 0 Å². The summed E-state index contributed by atoms with van der Waals surface area (Å²) in [5.41, 5.74) is 0.340. The quantitative estimate of drug-likeness (QED) is 0.899. The highest BCUT2D eigenvalue weighted by Gasteiger charge is 2.41. The molecule has 2 rings (SSSR count). The Morgan fingerprint density at radius 3 is 2.59 bits per heavy atom. The third-order valence-electron chi connectivity index (χ3n) is 3.47. The number of thiazole rings is 1. The Balaban J connectivity index is 2.20. The zero-order valence-corrected chi connectivity index (χ0v) is 11.0. The van der Waals surface area contributed by atoms with Crippen LogP contribution in [0.3, 0.4) is 0 Å². The Kier molecular flexibility index (Phi) is 3.49. The van der Waals surface area contributed by atoms with Crippen LogP contribution in [0.25, 0.3) is 0 Å².